The molecule has 0 spiro atoms. The van der Waals surface area contributed by atoms with Crippen LogP contribution < -0.4 is 16.1 Å². The number of benzene rings is 2. The molecule has 0 aromatic heterocycles. The molecule has 8 heteroatoms. The Balaban J connectivity index is 1.62. The van der Waals surface area contributed by atoms with E-state index in [4.69, 9.17) is 11.6 Å². The average Bonchev–Trinajstić information content (AvgIpc) is 2.91. The number of quaternary nitrogens is 1. The molecular weight excluding hydrogens is 380 g/mol. The van der Waals surface area contributed by atoms with Crippen molar-refractivity contribution in [2.75, 3.05) is 6.54 Å². The van der Waals surface area contributed by atoms with Gasteiger partial charge in [-0.3, -0.25) is 15.0 Å². The summed E-state index contributed by atoms with van der Waals surface area (Å²) < 4.78 is 0. The van der Waals surface area contributed by atoms with E-state index in [1.807, 2.05) is 31.2 Å². The first kappa shape index (κ1) is 19.9. The highest BCUT2D eigenvalue weighted by Gasteiger charge is 2.50. The molecular formula is C20H22ClN4O3+. The number of hydrazine groups is 1. The second kappa shape index (κ2) is 8.00. The molecule has 0 unspecified atom stereocenters. The number of carbonyl (C=O) groups excluding carboxylic acids is 3. The number of hydrogen-bond donors (Lipinski definition) is 3. The molecule has 0 saturated carbocycles. The fourth-order valence-corrected chi connectivity index (χ4v) is 3.44. The van der Waals surface area contributed by atoms with Gasteiger partial charge in [-0.1, -0.05) is 60.1 Å². The van der Waals surface area contributed by atoms with Crippen LogP contribution in [0.2, 0.25) is 5.02 Å². The number of urea groups is 1. The van der Waals surface area contributed by atoms with Crippen LogP contribution in [0.25, 0.3) is 0 Å². The van der Waals surface area contributed by atoms with Crippen LogP contribution in [0.4, 0.5) is 4.79 Å². The molecule has 146 valence electrons. The highest BCUT2D eigenvalue weighted by atomic mass is 35.5. The normalized spacial score (nSPS) is 20.0. The number of nitrogens with zero attached hydrogens (tertiary/aromatic N) is 1. The second-order valence-electron chi connectivity index (χ2n) is 6.85. The lowest BCUT2D eigenvalue weighted by molar-refractivity contribution is -0.682. The van der Waals surface area contributed by atoms with E-state index in [0.717, 1.165) is 10.6 Å². The molecule has 0 aliphatic carbocycles. The maximum Gasteiger partial charge on any atom is 0.344 e. The number of carbonyl (C=O) groups is 3. The Morgan fingerprint density at radius 3 is 2.50 bits per heavy atom. The van der Waals surface area contributed by atoms with E-state index >= 15 is 0 Å². The van der Waals surface area contributed by atoms with Gasteiger partial charge in [-0.2, -0.15) is 5.01 Å². The van der Waals surface area contributed by atoms with Crippen LogP contribution in [0.3, 0.4) is 0 Å². The Morgan fingerprint density at radius 2 is 1.82 bits per heavy atom. The first-order valence-electron chi connectivity index (χ1n) is 8.92. The molecule has 1 heterocycles. The molecule has 2 atom stereocenters. The first-order chi connectivity index (χ1) is 13.3. The lowest BCUT2D eigenvalue weighted by atomic mass is 9.92. The maximum absolute atomic E-state index is 12.8. The van der Waals surface area contributed by atoms with Crippen molar-refractivity contribution in [2.24, 2.45) is 0 Å². The van der Waals surface area contributed by atoms with E-state index in [-0.39, 0.29) is 12.6 Å². The molecule has 2 aromatic rings. The largest absolute Gasteiger partial charge is 0.344 e. The Morgan fingerprint density at radius 1 is 1.18 bits per heavy atom. The van der Waals surface area contributed by atoms with Gasteiger partial charge in [0.2, 0.25) is 0 Å². The van der Waals surface area contributed by atoms with Crippen molar-refractivity contribution in [1.29, 1.82) is 0 Å². The lowest BCUT2D eigenvalue weighted by Crippen LogP contribution is -2.87. The third-order valence-electron chi connectivity index (χ3n) is 4.83. The number of nitrogens with one attached hydrogen (secondary N) is 2. The summed E-state index contributed by atoms with van der Waals surface area (Å²) >= 11 is 6.17. The molecule has 3 rings (SSSR count). The average molecular weight is 402 g/mol. The van der Waals surface area contributed by atoms with Crippen LogP contribution >= 0.6 is 11.6 Å². The van der Waals surface area contributed by atoms with Gasteiger partial charge >= 0.3 is 6.03 Å². The smallest absolute Gasteiger partial charge is 0.332 e. The molecule has 1 aliphatic heterocycles. The van der Waals surface area contributed by atoms with Crippen LogP contribution in [0, 0.1) is 0 Å². The van der Waals surface area contributed by atoms with E-state index in [1.54, 1.807) is 42.6 Å². The SMILES string of the molecule is C[C@@H]([NH2+]CC(=O)NN1C(=O)N[C@](C)(c2ccccc2)C1=O)c1ccccc1Cl. The van der Waals surface area contributed by atoms with Crippen molar-refractivity contribution >= 4 is 29.4 Å². The second-order valence-corrected chi connectivity index (χ2v) is 7.25. The molecule has 0 bridgehead atoms. The molecule has 1 aliphatic rings. The quantitative estimate of drug-likeness (QED) is 0.639. The minimum atomic E-state index is -1.22. The zero-order chi connectivity index (χ0) is 20.3. The molecule has 1 saturated heterocycles. The standard InChI is InChI=1S/C20H21ClN4O3/c1-13(15-10-6-7-11-16(15)21)22-12-17(26)24-25-18(27)20(2,23-19(25)28)14-8-4-3-5-9-14/h3-11,13,22H,12H2,1-2H3,(H,23,28)(H,24,26)/p+1/t13-,20-/m1/s1. The maximum atomic E-state index is 12.8. The van der Waals surface area contributed by atoms with Crippen molar-refractivity contribution < 1.29 is 19.7 Å². The summed E-state index contributed by atoms with van der Waals surface area (Å²) in [5.74, 6) is -0.990. The van der Waals surface area contributed by atoms with Crippen LogP contribution in [0.5, 0.6) is 0 Å². The number of amides is 4. The van der Waals surface area contributed by atoms with Crippen molar-refractivity contribution in [3.8, 4) is 0 Å². The van der Waals surface area contributed by atoms with Crippen LogP contribution in [-0.4, -0.2) is 29.4 Å². The summed E-state index contributed by atoms with van der Waals surface area (Å²) in [5.41, 5.74) is 2.72. The van der Waals surface area contributed by atoms with Gasteiger partial charge < -0.3 is 10.6 Å². The van der Waals surface area contributed by atoms with E-state index in [2.05, 4.69) is 10.7 Å². The summed E-state index contributed by atoms with van der Waals surface area (Å²) in [6.45, 7) is 3.57. The van der Waals surface area contributed by atoms with Gasteiger partial charge in [-0.15, -0.1) is 0 Å². The Bertz CT molecular complexity index is 905. The third-order valence-corrected chi connectivity index (χ3v) is 5.18. The first-order valence-corrected chi connectivity index (χ1v) is 9.30. The third kappa shape index (κ3) is 3.85. The summed E-state index contributed by atoms with van der Waals surface area (Å²) in [5, 5.41) is 5.79. The van der Waals surface area contributed by atoms with Gasteiger partial charge in [-0.05, 0) is 25.5 Å². The highest BCUT2D eigenvalue weighted by molar-refractivity contribution is 6.31. The van der Waals surface area contributed by atoms with Crippen molar-refractivity contribution in [2.45, 2.75) is 25.4 Å². The van der Waals surface area contributed by atoms with E-state index < -0.39 is 23.4 Å². The number of imide groups is 1. The summed E-state index contributed by atoms with van der Waals surface area (Å²) in [6, 6.07) is 15.6. The van der Waals surface area contributed by atoms with Gasteiger partial charge in [0.1, 0.15) is 11.6 Å². The predicted molar refractivity (Wildman–Crippen MR) is 104 cm³/mol. The Hall–Kier alpha value is -2.90. The molecule has 7 nitrogen and oxygen atoms in total. The van der Waals surface area contributed by atoms with E-state index in [9.17, 15) is 14.4 Å². The van der Waals surface area contributed by atoms with Gasteiger partial charge in [0.05, 0.1) is 0 Å². The van der Waals surface area contributed by atoms with Crippen molar-refractivity contribution in [1.82, 2.24) is 15.8 Å². The number of nitrogens with two attached hydrogens (primary N) is 1. The zero-order valence-corrected chi connectivity index (χ0v) is 16.4. The van der Waals surface area contributed by atoms with Crippen LogP contribution in [0.1, 0.15) is 31.0 Å². The van der Waals surface area contributed by atoms with Gasteiger partial charge in [0.25, 0.3) is 11.8 Å². The number of halogens is 1. The highest BCUT2D eigenvalue weighted by Crippen LogP contribution is 2.27. The molecule has 0 radical (unpaired) electrons. The van der Waals surface area contributed by atoms with Gasteiger partial charge in [-0.25, -0.2) is 4.79 Å². The fourth-order valence-electron chi connectivity index (χ4n) is 3.13. The Kier molecular flexibility index (Phi) is 5.67. The Labute approximate surface area is 168 Å². The van der Waals surface area contributed by atoms with Crippen molar-refractivity contribution in [3.05, 3.63) is 70.7 Å². The van der Waals surface area contributed by atoms with Crippen LogP contribution in [0.15, 0.2) is 54.6 Å². The van der Waals surface area contributed by atoms with Crippen molar-refractivity contribution in [3.63, 3.8) is 0 Å². The topological polar surface area (TPSA) is 95.1 Å². The van der Waals surface area contributed by atoms with Gasteiger partial charge in [0, 0.05) is 10.6 Å². The molecule has 2 aromatic carbocycles. The minimum absolute atomic E-state index is 0.0332. The summed E-state index contributed by atoms with van der Waals surface area (Å²) in [6.07, 6.45) is 0. The monoisotopic (exact) mass is 401 g/mol. The van der Waals surface area contributed by atoms with E-state index in [0.29, 0.717) is 10.6 Å². The molecule has 28 heavy (non-hydrogen) atoms. The molecule has 4 N–H and O–H groups in total. The van der Waals surface area contributed by atoms with E-state index in [1.165, 1.54) is 0 Å². The van der Waals surface area contributed by atoms with Crippen LogP contribution in [-0.2, 0) is 15.1 Å². The number of rotatable bonds is 6. The summed E-state index contributed by atoms with van der Waals surface area (Å²) in [7, 11) is 0. The summed E-state index contributed by atoms with van der Waals surface area (Å²) in [4.78, 5) is 37.4. The molecule has 4 amide bonds. The lowest BCUT2D eigenvalue weighted by Gasteiger charge is -2.22. The predicted octanol–water partition coefficient (Wildman–Crippen LogP) is 1.46. The number of hydrogen-bond acceptors (Lipinski definition) is 3. The zero-order valence-electron chi connectivity index (χ0n) is 15.6. The minimum Gasteiger partial charge on any atom is -0.332 e. The molecule has 1 fully saturated rings. The fraction of sp³-hybridized carbons (Fsp3) is 0.250. The van der Waals surface area contributed by atoms with Gasteiger partial charge in [0.15, 0.2) is 6.54 Å².